The van der Waals surface area contributed by atoms with Gasteiger partial charge >= 0.3 is 0 Å². The summed E-state index contributed by atoms with van der Waals surface area (Å²) in [6, 6.07) is 15.1. The molecule has 1 amide bonds. The molecular formula is C20H17ClN2O2. The first-order valence-corrected chi connectivity index (χ1v) is 8.59. The number of amides is 1. The Hall–Kier alpha value is -2.59. The Morgan fingerprint density at radius 2 is 2.08 bits per heavy atom. The summed E-state index contributed by atoms with van der Waals surface area (Å²) in [4.78, 5) is 17.4. The van der Waals surface area contributed by atoms with E-state index in [9.17, 15) is 4.79 Å². The molecule has 3 aromatic rings. The summed E-state index contributed by atoms with van der Waals surface area (Å²) in [5, 5.41) is 4.60. The number of pyridine rings is 1. The molecule has 4 nitrogen and oxygen atoms in total. The van der Waals surface area contributed by atoms with E-state index < -0.39 is 0 Å². The normalized spacial score (nSPS) is 16.2. The van der Waals surface area contributed by atoms with Crippen molar-refractivity contribution in [3.63, 3.8) is 0 Å². The molecule has 2 heterocycles. The van der Waals surface area contributed by atoms with Gasteiger partial charge in [-0.3, -0.25) is 9.78 Å². The number of carbonyl (C=O) groups excluding carboxylic acids is 1. The Kier molecular flexibility index (Phi) is 4.06. The number of hydrogen-bond donors (Lipinski definition) is 1. The molecule has 1 aliphatic heterocycles. The van der Waals surface area contributed by atoms with Crippen LogP contribution in [0.4, 0.5) is 0 Å². The SMILES string of the molecule is Cc1nc2ccc(Cl)cc2cc1C(=O)NC1CCOc2ccccc21. The molecule has 1 unspecified atom stereocenters. The lowest BCUT2D eigenvalue weighted by Crippen LogP contribution is -2.32. The molecule has 5 heteroatoms. The van der Waals surface area contributed by atoms with Crippen LogP contribution in [0.15, 0.2) is 48.5 Å². The van der Waals surface area contributed by atoms with Gasteiger partial charge in [-0.15, -0.1) is 0 Å². The Labute approximate surface area is 150 Å². The van der Waals surface area contributed by atoms with Crippen LogP contribution in [0, 0.1) is 6.92 Å². The van der Waals surface area contributed by atoms with Crippen LogP contribution in [0.5, 0.6) is 5.75 Å². The highest BCUT2D eigenvalue weighted by Gasteiger charge is 2.24. The van der Waals surface area contributed by atoms with Gasteiger partial charge in [-0.05, 0) is 37.3 Å². The molecule has 25 heavy (non-hydrogen) atoms. The average molecular weight is 353 g/mol. The predicted molar refractivity (Wildman–Crippen MR) is 98.3 cm³/mol. The maximum Gasteiger partial charge on any atom is 0.253 e. The number of ether oxygens (including phenoxy) is 1. The molecule has 126 valence electrons. The number of nitrogens with zero attached hydrogens (tertiary/aromatic N) is 1. The zero-order chi connectivity index (χ0) is 17.4. The monoisotopic (exact) mass is 352 g/mol. The zero-order valence-electron chi connectivity index (χ0n) is 13.8. The highest BCUT2D eigenvalue weighted by molar-refractivity contribution is 6.31. The highest BCUT2D eigenvalue weighted by atomic mass is 35.5. The molecule has 4 rings (SSSR count). The molecular weight excluding hydrogens is 336 g/mol. The van der Waals surface area contributed by atoms with Gasteiger partial charge < -0.3 is 10.1 Å². The van der Waals surface area contributed by atoms with E-state index in [1.807, 2.05) is 49.4 Å². The molecule has 1 aromatic heterocycles. The second kappa shape index (κ2) is 6.37. The number of carbonyl (C=O) groups is 1. The standard InChI is InChI=1S/C20H17ClN2O2/c1-12-16(11-13-10-14(21)6-7-17(13)22-12)20(24)23-18-8-9-25-19-5-3-2-4-15(18)19/h2-7,10-11,18H,8-9H2,1H3,(H,23,24). The van der Waals surface area contributed by atoms with Crippen molar-refractivity contribution in [1.82, 2.24) is 10.3 Å². The summed E-state index contributed by atoms with van der Waals surface area (Å²) in [5.74, 6) is 0.702. The largest absolute Gasteiger partial charge is 0.493 e. The third kappa shape index (κ3) is 3.05. The van der Waals surface area contributed by atoms with Crippen molar-refractivity contribution in [3.8, 4) is 5.75 Å². The van der Waals surface area contributed by atoms with Crippen molar-refractivity contribution >= 4 is 28.4 Å². The first-order chi connectivity index (χ1) is 12.1. The maximum atomic E-state index is 12.8. The number of benzene rings is 2. The minimum Gasteiger partial charge on any atom is -0.493 e. The first kappa shape index (κ1) is 15.9. The second-order valence-electron chi connectivity index (χ2n) is 6.16. The third-order valence-corrected chi connectivity index (χ3v) is 4.71. The van der Waals surface area contributed by atoms with Crippen LogP contribution < -0.4 is 10.1 Å². The van der Waals surface area contributed by atoms with E-state index in [1.165, 1.54) is 0 Å². The van der Waals surface area contributed by atoms with E-state index in [-0.39, 0.29) is 11.9 Å². The molecule has 0 fully saturated rings. The minimum absolute atomic E-state index is 0.0630. The molecule has 0 bridgehead atoms. The number of aromatic nitrogens is 1. The van der Waals surface area contributed by atoms with Crippen LogP contribution in [0.2, 0.25) is 5.02 Å². The van der Waals surface area contributed by atoms with Crippen LogP contribution in [-0.4, -0.2) is 17.5 Å². The summed E-state index contributed by atoms with van der Waals surface area (Å²) in [6.45, 7) is 2.44. The van der Waals surface area contributed by atoms with Crippen molar-refractivity contribution in [2.24, 2.45) is 0 Å². The predicted octanol–water partition coefficient (Wildman–Crippen LogP) is 4.45. The van der Waals surface area contributed by atoms with Gasteiger partial charge in [0.1, 0.15) is 5.75 Å². The molecule has 0 aliphatic carbocycles. The molecule has 2 aromatic carbocycles. The van der Waals surface area contributed by atoms with Crippen molar-refractivity contribution in [1.29, 1.82) is 0 Å². The van der Waals surface area contributed by atoms with E-state index in [4.69, 9.17) is 16.3 Å². The van der Waals surface area contributed by atoms with Crippen molar-refractivity contribution in [2.75, 3.05) is 6.61 Å². The topological polar surface area (TPSA) is 51.2 Å². The van der Waals surface area contributed by atoms with E-state index >= 15 is 0 Å². The van der Waals surface area contributed by atoms with E-state index in [0.29, 0.717) is 22.9 Å². The van der Waals surface area contributed by atoms with Gasteiger partial charge in [0, 0.05) is 22.4 Å². The number of fused-ring (bicyclic) bond motifs is 2. The Morgan fingerprint density at radius 1 is 1.24 bits per heavy atom. The van der Waals surface area contributed by atoms with Gasteiger partial charge in [0.25, 0.3) is 5.91 Å². The van der Waals surface area contributed by atoms with Gasteiger partial charge in [-0.2, -0.15) is 0 Å². The van der Waals surface area contributed by atoms with E-state index in [0.717, 1.165) is 28.6 Å². The zero-order valence-corrected chi connectivity index (χ0v) is 14.5. The van der Waals surface area contributed by atoms with Crippen LogP contribution in [-0.2, 0) is 0 Å². The van der Waals surface area contributed by atoms with Crippen molar-refractivity contribution < 1.29 is 9.53 Å². The Bertz CT molecular complexity index is 971. The molecule has 0 saturated heterocycles. The van der Waals surface area contributed by atoms with Gasteiger partial charge in [0.15, 0.2) is 0 Å². The van der Waals surface area contributed by atoms with E-state index in [2.05, 4.69) is 10.3 Å². The lowest BCUT2D eigenvalue weighted by atomic mass is 10.00. The molecule has 0 saturated carbocycles. The average Bonchev–Trinajstić information content (AvgIpc) is 2.62. The molecule has 1 atom stereocenters. The number of rotatable bonds is 2. The van der Waals surface area contributed by atoms with Gasteiger partial charge in [0.05, 0.1) is 29.4 Å². The smallest absolute Gasteiger partial charge is 0.253 e. The second-order valence-corrected chi connectivity index (χ2v) is 6.60. The van der Waals surface area contributed by atoms with Gasteiger partial charge in [-0.1, -0.05) is 29.8 Å². The number of hydrogen-bond acceptors (Lipinski definition) is 3. The highest BCUT2D eigenvalue weighted by Crippen LogP contribution is 2.32. The fourth-order valence-electron chi connectivity index (χ4n) is 3.20. The summed E-state index contributed by atoms with van der Waals surface area (Å²) in [7, 11) is 0. The Morgan fingerprint density at radius 3 is 2.96 bits per heavy atom. The fourth-order valence-corrected chi connectivity index (χ4v) is 3.38. The first-order valence-electron chi connectivity index (χ1n) is 8.21. The molecule has 1 N–H and O–H groups in total. The molecule has 0 spiro atoms. The molecule has 0 radical (unpaired) electrons. The summed E-state index contributed by atoms with van der Waals surface area (Å²) in [6.07, 6.45) is 0.745. The summed E-state index contributed by atoms with van der Waals surface area (Å²) >= 11 is 6.06. The quantitative estimate of drug-likeness (QED) is 0.741. The fraction of sp³-hybridized carbons (Fsp3) is 0.200. The van der Waals surface area contributed by atoms with E-state index in [1.54, 1.807) is 6.07 Å². The number of aryl methyl sites for hydroxylation is 1. The lowest BCUT2D eigenvalue weighted by Gasteiger charge is -2.26. The maximum absolute atomic E-state index is 12.8. The van der Waals surface area contributed by atoms with Gasteiger partial charge in [0.2, 0.25) is 0 Å². The van der Waals surface area contributed by atoms with Crippen LogP contribution in [0.25, 0.3) is 10.9 Å². The summed E-state index contributed by atoms with van der Waals surface area (Å²) < 4.78 is 5.66. The summed E-state index contributed by atoms with van der Waals surface area (Å²) in [5.41, 5.74) is 3.11. The number of nitrogens with one attached hydrogen (secondary N) is 1. The third-order valence-electron chi connectivity index (χ3n) is 4.48. The van der Waals surface area contributed by atoms with Crippen molar-refractivity contribution in [2.45, 2.75) is 19.4 Å². The van der Waals surface area contributed by atoms with Crippen LogP contribution in [0.1, 0.15) is 34.1 Å². The van der Waals surface area contributed by atoms with Crippen LogP contribution >= 0.6 is 11.6 Å². The van der Waals surface area contributed by atoms with Crippen LogP contribution in [0.3, 0.4) is 0 Å². The molecule has 1 aliphatic rings. The number of halogens is 1. The Balaban J connectivity index is 1.66. The number of para-hydroxylation sites is 1. The lowest BCUT2D eigenvalue weighted by molar-refractivity contribution is 0.0924. The van der Waals surface area contributed by atoms with Crippen molar-refractivity contribution in [3.05, 3.63) is 70.4 Å². The van der Waals surface area contributed by atoms with Gasteiger partial charge in [-0.25, -0.2) is 0 Å². The minimum atomic E-state index is -0.131.